The third-order valence-electron chi connectivity index (χ3n) is 20.4. The van der Waals surface area contributed by atoms with Crippen LogP contribution in [0.1, 0.15) is 311 Å². The number of carbonyl (C=O) groups is 3. The number of hydrogen-bond donors (Lipinski definition) is 0. The molecule has 0 radical (unpaired) electrons. The van der Waals surface area contributed by atoms with Gasteiger partial charge in [-0.25, -0.2) is 0 Å². The topological polar surface area (TPSA) is 263 Å². The maximum Gasteiger partial charge on any atom is 0.305 e. The van der Waals surface area contributed by atoms with Crippen molar-refractivity contribution < 1.29 is 123 Å². The van der Waals surface area contributed by atoms with Crippen LogP contribution in [0.4, 0.5) is 0 Å². The minimum atomic E-state index is -0.566. The monoisotopic (exact) mass is 1770 g/mol. The van der Waals surface area contributed by atoms with Crippen molar-refractivity contribution in [1.82, 2.24) is 0 Å². The molecule has 0 N–H and O–H groups in total. The van der Waals surface area contributed by atoms with Crippen molar-refractivity contribution in [2.45, 2.75) is 317 Å². The second-order valence-electron chi connectivity index (χ2n) is 33.2. The lowest BCUT2D eigenvalue weighted by atomic mass is 10.0. The van der Waals surface area contributed by atoms with Gasteiger partial charge in [0.2, 0.25) is 0 Å². The predicted octanol–water partition coefficient (Wildman–Crippen LogP) is 18.7. The Labute approximate surface area is 750 Å². The summed E-state index contributed by atoms with van der Waals surface area (Å²) in [7, 11) is 0. The minimum absolute atomic E-state index is 0.0342. The molecule has 0 aromatic rings. The normalized spacial score (nSPS) is 11.9. The van der Waals surface area contributed by atoms with Gasteiger partial charge < -0.3 is 109 Å². The largest absolute Gasteiger partial charge is 0.463 e. The van der Waals surface area contributed by atoms with Crippen LogP contribution in [0.15, 0.2) is 0 Å². The van der Waals surface area contributed by atoms with Crippen LogP contribution in [0.5, 0.6) is 0 Å². The number of rotatable bonds is 110. The smallest absolute Gasteiger partial charge is 0.305 e. The Balaban J connectivity index is 3.57. The molecule has 734 valence electrons. The molecule has 0 atom stereocenters. The Kier molecular flexibility index (Phi) is 105. The van der Waals surface area contributed by atoms with Crippen molar-refractivity contribution in [1.29, 1.82) is 0 Å². The van der Waals surface area contributed by atoms with Crippen molar-refractivity contribution in [3.63, 3.8) is 0 Å². The Morgan fingerprint density at radius 1 is 0.154 bits per heavy atom. The molecular weight excluding hydrogens is 1580 g/mol. The first-order valence-electron chi connectivity index (χ1n) is 49.7. The quantitative estimate of drug-likeness (QED) is 0.0311. The second-order valence-corrected chi connectivity index (χ2v) is 33.2. The molecule has 26 heteroatoms. The predicted molar refractivity (Wildman–Crippen MR) is 487 cm³/mol. The van der Waals surface area contributed by atoms with Gasteiger partial charge >= 0.3 is 17.9 Å². The standard InChI is InChI=1S/C97H190O26/c1-91(2)43-37-31-25-19-13-7-10-16-22-28-34-40-46-95(98)121-88-86-119-84-82-117-80-78-115-76-74-113-72-70-111-68-66-109-64-62-107-60-58-105-56-54-103-52-50-101-49-51-102-53-55-104-57-59-106-61-63-108-65-67-110-69-71-112-73-75-114-77-79-116-81-83-118-85-87-120-94(89-122-96(99)47-41-35-29-23-17-11-8-14-20-26-32-38-44-92(3)4)90-123-97(100)48-42-36-30-24-18-12-9-15-21-27-33-39-45-93(5)6/h91-94H,7-90H2,1-6H3. The van der Waals surface area contributed by atoms with Crippen LogP contribution in [-0.4, -0.2) is 302 Å². The Morgan fingerprint density at radius 2 is 0.285 bits per heavy atom. The van der Waals surface area contributed by atoms with Crippen molar-refractivity contribution in [2.24, 2.45) is 17.8 Å². The summed E-state index contributed by atoms with van der Waals surface area (Å²) in [5.74, 6) is 1.85. The van der Waals surface area contributed by atoms with E-state index in [4.69, 9.17) is 109 Å². The van der Waals surface area contributed by atoms with E-state index < -0.39 is 6.10 Å². The summed E-state index contributed by atoms with van der Waals surface area (Å²) in [5.41, 5.74) is 0. The molecule has 0 aromatic heterocycles. The first-order valence-corrected chi connectivity index (χ1v) is 49.7. The number of esters is 3. The number of ether oxygens (including phenoxy) is 23. The summed E-state index contributed by atoms with van der Waals surface area (Å²) in [5, 5.41) is 0. The van der Waals surface area contributed by atoms with Crippen LogP contribution < -0.4 is 0 Å². The van der Waals surface area contributed by atoms with E-state index >= 15 is 0 Å². The average molecular weight is 1770 g/mol. The van der Waals surface area contributed by atoms with Crippen LogP contribution in [0.3, 0.4) is 0 Å². The van der Waals surface area contributed by atoms with Crippen LogP contribution in [0.25, 0.3) is 0 Å². The first kappa shape index (κ1) is 121. The molecule has 0 saturated heterocycles. The lowest BCUT2D eigenvalue weighted by molar-refractivity contribution is -0.156. The van der Waals surface area contributed by atoms with Crippen molar-refractivity contribution in [3.05, 3.63) is 0 Å². The highest BCUT2D eigenvalue weighted by molar-refractivity contribution is 5.70. The van der Waals surface area contributed by atoms with E-state index in [1.165, 1.54) is 199 Å². The van der Waals surface area contributed by atoms with Crippen molar-refractivity contribution >= 4 is 17.9 Å². The van der Waals surface area contributed by atoms with Crippen LogP contribution in [-0.2, 0) is 123 Å². The zero-order valence-electron chi connectivity index (χ0n) is 79.8. The van der Waals surface area contributed by atoms with Gasteiger partial charge in [0.1, 0.15) is 25.9 Å². The van der Waals surface area contributed by atoms with Gasteiger partial charge in [-0.2, -0.15) is 0 Å². The van der Waals surface area contributed by atoms with Gasteiger partial charge in [-0.15, -0.1) is 0 Å². The summed E-state index contributed by atoms with van der Waals surface area (Å²) < 4.78 is 129. The lowest BCUT2D eigenvalue weighted by Crippen LogP contribution is -2.30. The lowest BCUT2D eigenvalue weighted by Gasteiger charge is -2.18. The van der Waals surface area contributed by atoms with E-state index in [1.54, 1.807) is 0 Å². The van der Waals surface area contributed by atoms with E-state index in [1.807, 2.05) is 0 Å². The fourth-order valence-corrected chi connectivity index (χ4v) is 13.1. The highest BCUT2D eigenvalue weighted by Crippen LogP contribution is 2.19. The average Bonchev–Trinajstić information content (AvgIpc) is 0.959. The molecule has 0 saturated carbocycles. The molecule has 0 aliphatic rings. The molecule has 0 aliphatic carbocycles. The van der Waals surface area contributed by atoms with E-state index in [2.05, 4.69) is 41.5 Å². The molecule has 0 rings (SSSR count). The van der Waals surface area contributed by atoms with E-state index in [9.17, 15) is 14.4 Å². The summed E-state index contributed by atoms with van der Waals surface area (Å²) in [6.45, 7) is 31.9. The van der Waals surface area contributed by atoms with Crippen molar-refractivity contribution in [2.75, 3.05) is 277 Å². The zero-order valence-corrected chi connectivity index (χ0v) is 79.8. The van der Waals surface area contributed by atoms with Gasteiger partial charge in [-0.3, -0.25) is 14.4 Å². The van der Waals surface area contributed by atoms with Gasteiger partial charge in [-0.05, 0) is 37.0 Å². The van der Waals surface area contributed by atoms with Gasteiger partial charge in [0.25, 0.3) is 0 Å². The molecule has 0 spiro atoms. The molecule has 0 heterocycles. The minimum Gasteiger partial charge on any atom is -0.463 e. The molecule has 0 aliphatic heterocycles. The molecule has 0 unspecified atom stereocenters. The maximum atomic E-state index is 12.7. The molecule has 0 aromatic carbocycles. The fraction of sp³-hybridized carbons (Fsp3) is 0.969. The van der Waals surface area contributed by atoms with Crippen LogP contribution in [0.2, 0.25) is 0 Å². The molecule has 123 heavy (non-hydrogen) atoms. The molecule has 0 bridgehead atoms. The maximum absolute atomic E-state index is 12.7. The molecular formula is C97H190O26. The Hall–Kier alpha value is -2.39. The second kappa shape index (κ2) is 107. The van der Waals surface area contributed by atoms with Gasteiger partial charge in [0.15, 0.2) is 0 Å². The van der Waals surface area contributed by atoms with E-state index in [-0.39, 0.29) is 44.3 Å². The third-order valence-corrected chi connectivity index (χ3v) is 20.4. The molecule has 0 amide bonds. The SMILES string of the molecule is CC(C)CCCCCCCCCCCCCCC(=O)OCCOCCOCCOCCOCCOCCOCCOCCOCCOCCOCCOCCOCCOCCOCCOCCOCCOCCOCCOCCOC(COC(=O)CCCCCCCCCCCCCCC(C)C)COC(=O)CCCCCCCCCCCCCCC(C)C. The van der Waals surface area contributed by atoms with E-state index in [0.717, 1.165) is 69.1 Å². The highest BCUT2D eigenvalue weighted by atomic mass is 16.6. The van der Waals surface area contributed by atoms with Gasteiger partial charge in [-0.1, -0.05) is 273 Å². The summed E-state index contributed by atoms with van der Waals surface area (Å²) in [4.78, 5) is 37.4. The van der Waals surface area contributed by atoms with Crippen LogP contribution >= 0.6 is 0 Å². The number of hydrogen-bond acceptors (Lipinski definition) is 26. The highest BCUT2D eigenvalue weighted by Gasteiger charge is 2.17. The van der Waals surface area contributed by atoms with Gasteiger partial charge in [0, 0.05) is 19.3 Å². The fourth-order valence-electron chi connectivity index (χ4n) is 13.1. The number of unbranched alkanes of at least 4 members (excludes halogenated alkanes) is 33. The summed E-state index contributed by atoms with van der Waals surface area (Å²) in [6.07, 6.45) is 50.0. The van der Waals surface area contributed by atoms with Crippen LogP contribution in [0, 0.1) is 17.8 Å². The summed E-state index contributed by atoms with van der Waals surface area (Å²) in [6, 6.07) is 0. The first-order chi connectivity index (χ1) is 60.6. The molecule has 0 fully saturated rings. The Morgan fingerprint density at radius 3 is 0.447 bits per heavy atom. The zero-order chi connectivity index (χ0) is 88.7. The molecule has 26 nitrogen and oxygen atoms in total. The Bertz CT molecular complexity index is 1970. The number of carbonyl (C=O) groups excluding carboxylic acids is 3. The van der Waals surface area contributed by atoms with E-state index in [0.29, 0.717) is 270 Å². The van der Waals surface area contributed by atoms with Crippen molar-refractivity contribution in [3.8, 4) is 0 Å². The third kappa shape index (κ3) is 110. The summed E-state index contributed by atoms with van der Waals surface area (Å²) >= 11 is 0. The van der Waals surface area contributed by atoms with Gasteiger partial charge in [0.05, 0.1) is 258 Å².